The van der Waals surface area contributed by atoms with Crippen LogP contribution in [-0.4, -0.2) is 31.2 Å². The van der Waals surface area contributed by atoms with Crippen LogP contribution in [0.1, 0.15) is 47.0 Å². The Labute approximate surface area is 88.4 Å². The van der Waals surface area contributed by atoms with Crippen molar-refractivity contribution >= 4 is 0 Å². The van der Waals surface area contributed by atoms with Crippen molar-refractivity contribution in [2.75, 3.05) is 14.2 Å². The lowest BCUT2D eigenvalue weighted by Crippen LogP contribution is -2.45. The van der Waals surface area contributed by atoms with Crippen molar-refractivity contribution in [3.63, 3.8) is 0 Å². The van der Waals surface area contributed by atoms with Crippen LogP contribution in [0.2, 0.25) is 0 Å². The minimum absolute atomic E-state index is 0.549. The zero-order chi connectivity index (χ0) is 11.6. The molecule has 1 N–H and O–H groups in total. The highest BCUT2D eigenvalue weighted by Gasteiger charge is 2.35. The molecule has 0 bridgehead atoms. The Morgan fingerprint density at radius 1 is 1.14 bits per heavy atom. The topological polar surface area (TPSA) is 38.7 Å². The molecule has 0 rings (SSSR count). The van der Waals surface area contributed by atoms with E-state index in [0.29, 0.717) is 6.42 Å². The number of methoxy groups -OCH3 is 2. The Balaban J connectivity index is 0. The first-order valence-electron chi connectivity index (χ1n) is 5.45. The standard InChI is InChI=1S/C9H20O3.C2H6/c1-5-7-9(11-3,12-4)8(10)6-2;1-2/h8,10H,5-7H2,1-4H3;1-2H3. The molecule has 1 unspecified atom stereocenters. The molecule has 0 fully saturated rings. The van der Waals surface area contributed by atoms with Gasteiger partial charge >= 0.3 is 0 Å². The van der Waals surface area contributed by atoms with Crippen LogP contribution in [0, 0.1) is 0 Å². The molecule has 0 spiro atoms. The van der Waals surface area contributed by atoms with Crippen molar-refractivity contribution in [1.29, 1.82) is 0 Å². The molecule has 0 aromatic carbocycles. The van der Waals surface area contributed by atoms with Gasteiger partial charge in [0, 0.05) is 20.6 Å². The van der Waals surface area contributed by atoms with Crippen LogP contribution in [0.15, 0.2) is 0 Å². The van der Waals surface area contributed by atoms with Crippen LogP contribution in [0.3, 0.4) is 0 Å². The predicted octanol–water partition coefficient (Wildman–Crippen LogP) is 2.57. The molecular weight excluding hydrogens is 180 g/mol. The largest absolute Gasteiger partial charge is 0.388 e. The second-order valence-corrected chi connectivity index (χ2v) is 2.89. The van der Waals surface area contributed by atoms with E-state index in [1.807, 2.05) is 27.7 Å². The molecule has 0 saturated heterocycles. The highest BCUT2D eigenvalue weighted by Crippen LogP contribution is 2.24. The fourth-order valence-electron chi connectivity index (χ4n) is 1.39. The van der Waals surface area contributed by atoms with E-state index in [1.54, 1.807) is 14.2 Å². The second-order valence-electron chi connectivity index (χ2n) is 2.89. The average molecular weight is 206 g/mol. The van der Waals surface area contributed by atoms with Crippen molar-refractivity contribution < 1.29 is 14.6 Å². The van der Waals surface area contributed by atoms with Gasteiger partial charge in [-0.05, 0) is 6.42 Å². The maximum Gasteiger partial charge on any atom is 0.193 e. The number of aliphatic hydroxyl groups excluding tert-OH is 1. The van der Waals surface area contributed by atoms with E-state index < -0.39 is 11.9 Å². The van der Waals surface area contributed by atoms with E-state index in [0.717, 1.165) is 12.8 Å². The molecule has 0 aliphatic heterocycles. The van der Waals surface area contributed by atoms with Gasteiger partial charge in [0.2, 0.25) is 0 Å². The zero-order valence-electron chi connectivity index (χ0n) is 10.5. The molecule has 3 nitrogen and oxygen atoms in total. The number of rotatable bonds is 6. The minimum atomic E-state index is -0.802. The van der Waals surface area contributed by atoms with Crippen molar-refractivity contribution in [3.8, 4) is 0 Å². The number of ether oxygens (including phenoxy) is 2. The van der Waals surface area contributed by atoms with Crippen LogP contribution < -0.4 is 0 Å². The molecule has 0 radical (unpaired) electrons. The van der Waals surface area contributed by atoms with Gasteiger partial charge < -0.3 is 14.6 Å². The fourth-order valence-corrected chi connectivity index (χ4v) is 1.39. The highest BCUT2D eigenvalue weighted by molar-refractivity contribution is 4.77. The van der Waals surface area contributed by atoms with Crippen molar-refractivity contribution in [2.24, 2.45) is 0 Å². The fraction of sp³-hybridized carbons (Fsp3) is 1.00. The van der Waals surface area contributed by atoms with Crippen LogP contribution >= 0.6 is 0 Å². The van der Waals surface area contributed by atoms with Crippen LogP contribution in [-0.2, 0) is 9.47 Å². The van der Waals surface area contributed by atoms with E-state index in [-0.39, 0.29) is 0 Å². The Kier molecular flexibility index (Phi) is 11.0. The van der Waals surface area contributed by atoms with Gasteiger partial charge in [0.1, 0.15) is 6.10 Å². The molecule has 0 amide bonds. The first-order valence-corrected chi connectivity index (χ1v) is 5.45. The third-order valence-electron chi connectivity index (χ3n) is 2.18. The molecule has 88 valence electrons. The van der Waals surface area contributed by atoms with Crippen LogP contribution in [0.5, 0.6) is 0 Å². The van der Waals surface area contributed by atoms with Gasteiger partial charge in [-0.1, -0.05) is 34.1 Å². The first kappa shape index (κ1) is 16.3. The molecule has 0 aliphatic rings. The van der Waals surface area contributed by atoms with Crippen molar-refractivity contribution in [1.82, 2.24) is 0 Å². The lowest BCUT2D eigenvalue weighted by atomic mass is 10.0. The Hall–Kier alpha value is -0.120. The van der Waals surface area contributed by atoms with Crippen molar-refractivity contribution in [3.05, 3.63) is 0 Å². The molecule has 1 atom stereocenters. The maximum atomic E-state index is 9.65. The molecular formula is C11H26O3. The summed E-state index contributed by atoms with van der Waals surface area (Å²) in [6.45, 7) is 7.95. The molecule has 0 aliphatic carbocycles. The first-order chi connectivity index (χ1) is 6.66. The number of hydrogen-bond donors (Lipinski definition) is 1. The van der Waals surface area contributed by atoms with Gasteiger partial charge in [-0.15, -0.1) is 0 Å². The average Bonchev–Trinajstić information content (AvgIpc) is 2.27. The summed E-state index contributed by atoms with van der Waals surface area (Å²) in [6.07, 6.45) is 1.74. The lowest BCUT2D eigenvalue weighted by Gasteiger charge is -2.34. The van der Waals surface area contributed by atoms with Gasteiger partial charge in [0.05, 0.1) is 0 Å². The predicted molar refractivity (Wildman–Crippen MR) is 59.3 cm³/mol. The summed E-state index contributed by atoms with van der Waals surface area (Å²) in [5.74, 6) is -0.802. The summed E-state index contributed by atoms with van der Waals surface area (Å²) in [6, 6.07) is 0. The minimum Gasteiger partial charge on any atom is -0.388 e. The third-order valence-corrected chi connectivity index (χ3v) is 2.18. The number of hydrogen-bond acceptors (Lipinski definition) is 3. The monoisotopic (exact) mass is 206 g/mol. The zero-order valence-corrected chi connectivity index (χ0v) is 10.5. The van der Waals surface area contributed by atoms with Gasteiger partial charge in [-0.25, -0.2) is 0 Å². The Morgan fingerprint density at radius 2 is 1.57 bits per heavy atom. The summed E-state index contributed by atoms with van der Waals surface area (Å²) in [7, 11) is 3.14. The summed E-state index contributed by atoms with van der Waals surface area (Å²) < 4.78 is 10.4. The van der Waals surface area contributed by atoms with Gasteiger partial charge in [0.25, 0.3) is 0 Å². The SMILES string of the molecule is CC.CCCC(OC)(OC)C(O)CC. The Morgan fingerprint density at radius 3 is 1.79 bits per heavy atom. The quantitative estimate of drug-likeness (QED) is 0.679. The van der Waals surface area contributed by atoms with Gasteiger partial charge in [-0.3, -0.25) is 0 Å². The van der Waals surface area contributed by atoms with Gasteiger partial charge in [-0.2, -0.15) is 0 Å². The maximum absolute atomic E-state index is 9.65. The van der Waals surface area contributed by atoms with E-state index in [1.165, 1.54) is 0 Å². The summed E-state index contributed by atoms with van der Waals surface area (Å²) in [5, 5.41) is 9.65. The van der Waals surface area contributed by atoms with Crippen LogP contribution in [0.25, 0.3) is 0 Å². The highest BCUT2D eigenvalue weighted by atomic mass is 16.7. The van der Waals surface area contributed by atoms with E-state index in [9.17, 15) is 5.11 Å². The van der Waals surface area contributed by atoms with Crippen molar-refractivity contribution in [2.45, 2.75) is 58.8 Å². The molecule has 14 heavy (non-hydrogen) atoms. The van der Waals surface area contributed by atoms with Gasteiger partial charge in [0.15, 0.2) is 5.79 Å². The normalized spacial score (nSPS) is 13.1. The second kappa shape index (κ2) is 9.44. The molecule has 0 heterocycles. The Bertz CT molecular complexity index is 111. The molecule has 0 aromatic rings. The summed E-state index contributed by atoms with van der Waals surface area (Å²) in [5.41, 5.74) is 0. The molecule has 3 heteroatoms. The molecule has 0 aromatic heterocycles. The smallest absolute Gasteiger partial charge is 0.193 e. The van der Waals surface area contributed by atoms with E-state index in [4.69, 9.17) is 9.47 Å². The lowest BCUT2D eigenvalue weighted by molar-refractivity contribution is -0.262. The third kappa shape index (κ3) is 4.40. The van der Waals surface area contributed by atoms with Crippen LogP contribution in [0.4, 0.5) is 0 Å². The molecule has 0 saturated carbocycles. The summed E-state index contributed by atoms with van der Waals surface area (Å²) >= 11 is 0. The summed E-state index contributed by atoms with van der Waals surface area (Å²) in [4.78, 5) is 0. The van der Waals surface area contributed by atoms with E-state index >= 15 is 0 Å². The van der Waals surface area contributed by atoms with E-state index in [2.05, 4.69) is 0 Å². The number of aliphatic hydroxyl groups is 1.